The molecule has 0 amide bonds. The zero-order chi connectivity index (χ0) is 20.3. The standard InChI is InChI=1S/C22H32O5/c1-2-3-9-14-19(23)15-10-6-4-5-7-11-16-20(24)21(25)17-12-8-13-18-22(26)27/h4-5,7-8,11-13,16-19,23-25H,2-3,6,9-10,14-15H2,1H3,(H,26,27). The first-order valence-electron chi connectivity index (χ1n) is 9.35. The molecule has 4 N–H and O–H groups in total. The van der Waals surface area contributed by atoms with Gasteiger partial charge in [-0.2, -0.15) is 0 Å². The number of hydrogen-bond acceptors (Lipinski definition) is 4. The lowest BCUT2D eigenvalue weighted by molar-refractivity contribution is -0.131. The normalized spacial score (nSPS) is 14.9. The Morgan fingerprint density at radius 2 is 1.41 bits per heavy atom. The average Bonchev–Trinajstić information content (AvgIpc) is 2.63. The first kappa shape index (κ1) is 24.5. The van der Waals surface area contributed by atoms with Crippen LogP contribution in [0.3, 0.4) is 0 Å². The minimum atomic E-state index is -1.06. The Bertz CT molecular complexity index is 580. The van der Waals surface area contributed by atoms with Gasteiger partial charge in [0.25, 0.3) is 0 Å². The van der Waals surface area contributed by atoms with E-state index in [9.17, 15) is 20.1 Å². The van der Waals surface area contributed by atoms with Crippen molar-refractivity contribution in [1.82, 2.24) is 0 Å². The van der Waals surface area contributed by atoms with E-state index in [-0.39, 0.29) is 17.6 Å². The number of aliphatic hydroxyl groups is 3. The summed E-state index contributed by atoms with van der Waals surface area (Å²) in [4.78, 5) is 10.3. The van der Waals surface area contributed by atoms with E-state index in [2.05, 4.69) is 6.92 Å². The summed E-state index contributed by atoms with van der Waals surface area (Å²) >= 11 is 0. The van der Waals surface area contributed by atoms with Crippen LogP contribution >= 0.6 is 0 Å². The van der Waals surface area contributed by atoms with Crippen molar-refractivity contribution in [3.8, 4) is 0 Å². The Morgan fingerprint density at radius 3 is 2.00 bits per heavy atom. The molecule has 0 heterocycles. The smallest absolute Gasteiger partial charge is 0.328 e. The summed E-state index contributed by atoms with van der Waals surface area (Å²) in [5, 5.41) is 37.5. The number of aliphatic hydroxyl groups excluding tert-OH is 3. The highest BCUT2D eigenvalue weighted by atomic mass is 16.4. The van der Waals surface area contributed by atoms with Crippen molar-refractivity contribution in [3.05, 3.63) is 72.3 Å². The third kappa shape index (κ3) is 16.7. The predicted octanol–water partition coefficient (Wildman–Crippen LogP) is 5.29. The summed E-state index contributed by atoms with van der Waals surface area (Å²) in [5.74, 6) is -1.67. The molecule has 1 atom stereocenters. The summed E-state index contributed by atoms with van der Waals surface area (Å²) in [6.07, 6.45) is 21.6. The molecule has 27 heavy (non-hydrogen) atoms. The fraction of sp³-hybridized carbons (Fsp3) is 0.409. The van der Waals surface area contributed by atoms with E-state index in [0.29, 0.717) is 0 Å². The van der Waals surface area contributed by atoms with Gasteiger partial charge in [0, 0.05) is 6.08 Å². The summed E-state index contributed by atoms with van der Waals surface area (Å²) in [6, 6.07) is 0. The highest BCUT2D eigenvalue weighted by molar-refractivity contribution is 5.80. The van der Waals surface area contributed by atoms with Gasteiger partial charge >= 0.3 is 5.97 Å². The number of allylic oxidation sites excluding steroid dienone is 9. The second-order valence-corrected chi connectivity index (χ2v) is 6.08. The van der Waals surface area contributed by atoms with E-state index in [0.717, 1.165) is 38.2 Å². The lowest BCUT2D eigenvalue weighted by atomic mass is 10.1. The molecule has 0 saturated heterocycles. The minimum absolute atomic E-state index is 0.205. The molecular weight excluding hydrogens is 344 g/mol. The largest absolute Gasteiger partial charge is 0.504 e. The highest BCUT2D eigenvalue weighted by Gasteiger charge is 2.02. The van der Waals surface area contributed by atoms with E-state index < -0.39 is 5.97 Å². The van der Waals surface area contributed by atoms with Gasteiger partial charge in [0.2, 0.25) is 0 Å². The van der Waals surface area contributed by atoms with Gasteiger partial charge in [-0.25, -0.2) is 4.79 Å². The maximum Gasteiger partial charge on any atom is 0.328 e. The fourth-order valence-electron chi connectivity index (χ4n) is 2.15. The molecule has 0 radical (unpaired) electrons. The van der Waals surface area contributed by atoms with Crippen molar-refractivity contribution in [2.75, 3.05) is 0 Å². The van der Waals surface area contributed by atoms with Crippen LogP contribution in [0.25, 0.3) is 0 Å². The van der Waals surface area contributed by atoms with Crippen molar-refractivity contribution in [2.24, 2.45) is 0 Å². The van der Waals surface area contributed by atoms with Gasteiger partial charge in [-0.1, -0.05) is 68.7 Å². The van der Waals surface area contributed by atoms with Gasteiger partial charge in [0.15, 0.2) is 11.5 Å². The molecule has 0 aliphatic rings. The van der Waals surface area contributed by atoms with Gasteiger partial charge in [0.05, 0.1) is 6.10 Å². The number of carbonyl (C=O) groups is 1. The summed E-state index contributed by atoms with van der Waals surface area (Å²) < 4.78 is 0. The molecule has 0 aromatic rings. The Balaban J connectivity index is 4.09. The number of carboxylic acids is 1. The summed E-state index contributed by atoms with van der Waals surface area (Å²) in [7, 11) is 0. The first-order valence-corrected chi connectivity index (χ1v) is 9.35. The van der Waals surface area contributed by atoms with Gasteiger partial charge < -0.3 is 20.4 Å². The van der Waals surface area contributed by atoms with Gasteiger partial charge in [0.1, 0.15) is 0 Å². The number of unbranched alkanes of at least 4 members (excludes halogenated alkanes) is 3. The maximum atomic E-state index is 10.3. The quantitative estimate of drug-likeness (QED) is 0.143. The number of rotatable bonds is 14. The molecule has 5 heteroatoms. The van der Waals surface area contributed by atoms with Crippen molar-refractivity contribution < 1.29 is 25.2 Å². The molecule has 1 unspecified atom stereocenters. The van der Waals surface area contributed by atoms with E-state index in [1.807, 2.05) is 12.2 Å². The molecule has 0 rings (SSSR count). The van der Waals surface area contributed by atoms with Crippen LogP contribution in [0.15, 0.2) is 72.3 Å². The predicted molar refractivity (Wildman–Crippen MR) is 110 cm³/mol. The van der Waals surface area contributed by atoms with Crippen LogP contribution in [0.2, 0.25) is 0 Å². The number of hydrogen-bond donors (Lipinski definition) is 4. The number of aliphatic carboxylic acids is 1. The van der Waals surface area contributed by atoms with E-state index in [1.165, 1.54) is 43.2 Å². The molecule has 0 fully saturated rings. The minimum Gasteiger partial charge on any atom is -0.504 e. The molecule has 0 aromatic heterocycles. The van der Waals surface area contributed by atoms with Crippen LogP contribution in [0.5, 0.6) is 0 Å². The molecule has 0 aliphatic heterocycles. The van der Waals surface area contributed by atoms with Gasteiger partial charge in [-0.15, -0.1) is 0 Å². The SMILES string of the molecule is CCCCCC(O)CCCC=CC=CC=C(O)C(O)=CC=CC=CC(=O)O. The highest BCUT2D eigenvalue weighted by Crippen LogP contribution is 2.10. The van der Waals surface area contributed by atoms with Crippen LogP contribution in [0.1, 0.15) is 51.9 Å². The summed E-state index contributed by atoms with van der Waals surface area (Å²) in [6.45, 7) is 2.15. The van der Waals surface area contributed by atoms with Crippen molar-refractivity contribution in [2.45, 2.75) is 58.0 Å². The first-order chi connectivity index (χ1) is 13.0. The molecular formula is C22H32O5. The van der Waals surface area contributed by atoms with Gasteiger partial charge in [-0.05, 0) is 37.8 Å². The van der Waals surface area contributed by atoms with Crippen LogP contribution in [-0.4, -0.2) is 32.5 Å². The molecule has 0 bridgehead atoms. The third-order valence-corrected chi connectivity index (χ3v) is 3.64. The van der Waals surface area contributed by atoms with E-state index >= 15 is 0 Å². The van der Waals surface area contributed by atoms with Crippen molar-refractivity contribution in [1.29, 1.82) is 0 Å². The zero-order valence-corrected chi connectivity index (χ0v) is 16.0. The second kappa shape index (κ2) is 16.9. The Morgan fingerprint density at radius 1 is 0.815 bits per heavy atom. The molecule has 150 valence electrons. The topological polar surface area (TPSA) is 98.0 Å². The fourth-order valence-corrected chi connectivity index (χ4v) is 2.15. The lowest BCUT2D eigenvalue weighted by Gasteiger charge is -2.08. The number of carboxylic acid groups (broad SMARTS) is 1. The third-order valence-electron chi connectivity index (χ3n) is 3.64. The molecule has 0 aromatic carbocycles. The second-order valence-electron chi connectivity index (χ2n) is 6.08. The van der Waals surface area contributed by atoms with E-state index in [4.69, 9.17) is 5.11 Å². The zero-order valence-electron chi connectivity index (χ0n) is 16.0. The molecule has 0 aliphatic carbocycles. The average molecular weight is 376 g/mol. The van der Waals surface area contributed by atoms with Gasteiger partial charge in [-0.3, -0.25) is 0 Å². The van der Waals surface area contributed by atoms with Crippen LogP contribution < -0.4 is 0 Å². The van der Waals surface area contributed by atoms with E-state index in [1.54, 1.807) is 12.2 Å². The summed E-state index contributed by atoms with van der Waals surface area (Å²) in [5.41, 5.74) is 0. The molecule has 0 saturated carbocycles. The molecule has 5 nitrogen and oxygen atoms in total. The monoisotopic (exact) mass is 376 g/mol. The maximum absolute atomic E-state index is 10.3. The lowest BCUT2D eigenvalue weighted by Crippen LogP contribution is -2.05. The van der Waals surface area contributed by atoms with Crippen LogP contribution in [0.4, 0.5) is 0 Å². The molecule has 0 spiro atoms. The Kier molecular flexibility index (Phi) is 15.3. The van der Waals surface area contributed by atoms with Crippen molar-refractivity contribution in [3.63, 3.8) is 0 Å². The Labute approximate surface area is 162 Å². The van der Waals surface area contributed by atoms with Crippen LogP contribution in [-0.2, 0) is 4.79 Å². The van der Waals surface area contributed by atoms with Crippen molar-refractivity contribution >= 4 is 5.97 Å². The van der Waals surface area contributed by atoms with Crippen LogP contribution in [0, 0.1) is 0 Å². The Hall–Kier alpha value is -2.53.